The van der Waals surface area contributed by atoms with Crippen molar-refractivity contribution in [3.63, 3.8) is 0 Å². The first-order valence-electron chi connectivity index (χ1n) is 9.43. The molecule has 1 aliphatic rings. The molecule has 0 radical (unpaired) electrons. The Morgan fingerprint density at radius 2 is 2.04 bits per heavy atom. The highest BCUT2D eigenvalue weighted by molar-refractivity contribution is 6.42. The van der Waals surface area contributed by atoms with Crippen LogP contribution in [0.1, 0.15) is 30.1 Å². The summed E-state index contributed by atoms with van der Waals surface area (Å²) < 4.78 is 4.97. The number of carbonyl (C=O) groups excluding carboxylic acids is 1. The lowest BCUT2D eigenvalue weighted by Crippen LogP contribution is -2.41. The zero-order valence-corrected chi connectivity index (χ0v) is 17.4. The van der Waals surface area contributed by atoms with Gasteiger partial charge in [-0.1, -0.05) is 41.4 Å². The molecule has 1 N–H and O–H groups in total. The predicted octanol–water partition coefficient (Wildman–Crippen LogP) is 4.10. The first-order chi connectivity index (χ1) is 13.6. The lowest BCUT2D eigenvalue weighted by atomic mass is 9.87. The molecule has 2 aromatic rings. The Morgan fingerprint density at radius 1 is 1.25 bits per heavy atom. The van der Waals surface area contributed by atoms with Crippen molar-refractivity contribution in [2.75, 3.05) is 26.8 Å². The second-order valence-electron chi connectivity index (χ2n) is 7.06. The number of carbonyl (C=O) groups is 1. The summed E-state index contributed by atoms with van der Waals surface area (Å²) in [6.07, 6.45) is 3.69. The van der Waals surface area contributed by atoms with E-state index in [-0.39, 0.29) is 18.6 Å². The number of piperidine rings is 1. The second-order valence-corrected chi connectivity index (χ2v) is 7.84. The molecule has 1 fully saturated rings. The summed E-state index contributed by atoms with van der Waals surface area (Å²) in [4.78, 5) is 19.0. The van der Waals surface area contributed by atoms with Gasteiger partial charge in [0.15, 0.2) is 0 Å². The molecule has 1 amide bonds. The molecule has 0 saturated carbocycles. The number of aromatic nitrogens is 1. The van der Waals surface area contributed by atoms with Gasteiger partial charge in [0, 0.05) is 19.9 Å². The fourth-order valence-electron chi connectivity index (χ4n) is 3.70. The summed E-state index contributed by atoms with van der Waals surface area (Å²) in [5, 5.41) is 4.32. The highest BCUT2D eigenvalue weighted by Crippen LogP contribution is 2.32. The van der Waals surface area contributed by atoms with Gasteiger partial charge in [-0.15, -0.1) is 0 Å². The second kappa shape index (κ2) is 10.2. The molecular weight excluding hydrogens is 397 g/mol. The fraction of sp³-hybridized carbons (Fsp3) is 0.429. The first kappa shape index (κ1) is 21.1. The van der Waals surface area contributed by atoms with Crippen LogP contribution in [0.2, 0.25) is 10.0 Å². The lowest BCUT2D eigenvalue weighted by Gasteiger charge is -2.36. The highest BCUT2D eigenvalue weighted by atomic mass is 35.5. The summed E-state index contributed by atoms with van der Waals surface area (Å²) in [6, 6.07) is 11.4. The molecule has 0 spiro atoms. The van der Waals surface area contributed by atoms with Crippen molar-refractivity contribution in [2.24, 2.45) is 5.92 Å². The minimum Gasteiger partial charge on any atom is -0.375 e. The average Bonchev–Trinajstić information content (AvgIpc) is 2.71. The molecule has 5 nitrogen and oxygen atoms in total. The van der Waals surface area contributed by atoms with Crippen molar-refractivity contribution in [2.45, 2.75) is 25.4 Å². The third-order valence-electron chi connectivity index (χ3n) is 5.13. The van der Waals surface area contributed by atoms with Crippen molar-refractivity contribution in [3.8, 4) is 0 Å². The third kappa shape index (κ3) is 5.45. The van der Waals surface area contributed by atoms with Crippen LogP contribution < -0.4 is 5.32 Å². The van der Waals surface area contributed by atoms with Crippen molar-refractivity contribution in [1.82, 2.24) is 15.2 Å². The van der Waals surface area contributed by atoms with Crippen LogP contribution in [-0.4, -0.2) is 42.6 Å². The number of amides is 1. The SMILES string of the molecule is COCC(=O)N[C@@H](c1ccccn1)C1CCN(Cc2cccc(Cl)c2Cl)CC1. The summed E-state index contributed by atoms with van der Waals surface area (Å²) >= 11 is 12.5. The van der Waals surface area contributed by atoms with Crippen molar-refractivity contribution in [3.05, 3.63) is 63.9 Å². The quantitative estimate of drug-likeness (QED) is 0.730. The number of nitrogens with zero attached hydrogens (tertiary/aromatic N) is 2. The van der Waals surface area contributed by atoms with E-state index in [2.05, 4.69) is 15.2 Å². The van der Waals surface area contributed by atoms with E-state index in [0.29, 0.717) is 16.0 Å². The van der Waals surface area contributed by atoms with E-state index in [1.165, 1.54) is 7.11 Å². The van der Waals surface area contributed by atoms with Gasteiger partial charge in [-0.3, -0.25) is 14.7 Å². The molecule has 0 unspecified atom stereocenters. The third-order valence-corrected chi connectivity index (χ3v) is 5.99. The minimum atomic E-state index is -0.119. The van der Waals surface area contributed by atoms with Gasteiger partial charge in [0.1, 0.15) is 6.61 Å². The zero-order chi connectivity index (χ0) is 19.9. The predicted molar refractivity (Wildman–Crippen MR) is 111 cm³/mol. The molecule has 7 heteroatoms. The number of pyridine rings is 1. The molecular formula is C21H25Cl2N3O2. The topological polar surface area (TPSA) is 54.5 Å². The standard InChI is InChI=1S/C21H25Cl2N3O2/c1-28-14-19(27)25-21(18-7-2-3-10-24-18)15-8-11-26(12-9-15)13-16-5-4-6-17(22)20(16)23/h2-7,10,15,21H,8-9,11-14H2,1H3,(H,25,27)/t21-/m1/s1. The molecule has 1 atom stereocenters. The monoisotopic (exact) mass is 421 g/mol. The number of likely N-dealkylation sites (tertiary alicyclic amines) is 1. The molecule has 0 bridgehead atoms. The van der Waals surface area contributed by atoms with Crippen LogP contribution in [0, 0.1) is 5.92 Å². The minimum absolute atomic E-state index is 0.0510. The van der Waals surface area contributed by atoms with E-state index < -0.39 is 0 Å². The van der Waals surface area contributed by atoms with Gasteiger partial charge >= 0.3 is 0 Å². The van der Waals surface area contributed by atoms with Gasteiger partial charge in [-0.2, -0.15) is 0 Å². The smallest absolute Gasteiger partial charge is 0.246 e. The average molecular weight is 422 g/mol. The maximum atomic E-state index is 12.1. The van der Waals surface area contributed by atoms with Crippen LogP contribution in [0.3, 0.4) is 0 Å². The number of methoxy groups -OCH3 is 1. The van der Waals surface area contributed by atoms with E-state index in [1.54, 1.807) is 12.3 Å². The fourth-order valence-corrected chi connectivity index (χ4v) is 4.08. The van der Waals surface area contributed by atoms with Gasteiger partial charge in [0.25, 0.3) is 0 Å². The van der Waals surface area contributed by atoms with Gasteiger partial charge in [0.05, 0.1) is 21.8 Å². The Morgan fingerprint density at radius 3 is 2.71 bits per heavy atom. The van der Waals surface area contributed by atoms with Gasteiger partial charge in [0.2, 0.25) is 5.91 Å². The Hall–Kier alpha value is -1.66. The van der Waals surface area contributed by atoms with Crippen LogP contribution in [-0.2, 0) is 16.1 Å². The van der Waals surface area contributed by atoms with Crippen molar-refractivity contribution < 1.29 is 9.53 Å². The number of rotatable bonds is 7. The molecule has 28 heavy (non-hydrogen) atoms. The largest absolute Gasteiger partial charge is 0.375 e. The van der Waals surface area contributed by atoms with Crippen LogP contribution in [0.15, 0.2) is 42.6 Å². The Labute approximate surface area is 176 Å². The van der Waals surface area contributed by atoms with Crippen molar-refractivity contribution >= 4 is 29.1 Å². The summed E-state index contributed by atoms with van der Waals surface area (Å²) in [5.41, 5.74) is 1.94. The summed E-state index contributed by atoms with van der Waals surface area (Å²) in [6.45, 7) is 2.68. The Bertz CT molecular complexity index is 780. The molecule has 1 aromatic carbocycles. The molecule has 0 aliphatic carbocycles. The highest BCUT2D eigenvalue weighted by Gasteiger charge is 2.30. The number of nitrogens with one attached hydrogen (secondary N) is 1. The number of hydrogen-bond donors (Lipinski definition) is 1. The van der Waals surface area contributed by atoms with E-state index >= 15 is 0 Å². The van der Waals surface area contributed by atoms with E-state index in [9.17, 15) is 4.79 Å². The number of ether oxygens (including phenoxy) is 1. The van der Waals surface area contributed by atoms with E-state index in [4.69, 9.17) is 27.9 Å². The van der Waals surface area contributed by atoms with Gasteiger partial charge < -0.3 is 10.1 Å². The number of hydrogen-bond acceptors (Lipinski definition) is 4. The van der Waals surface area contributed by atoms with Crippen LogP contribution in [0.25, 0.3) is 0 Å². The number of halogens is 2. The maximum absolute atomic E-state index is 12.1. The molecule has 2 heterocycles. The maximum Gasteiger partial charge on any atom is 0.246 e. The Balaban J connectivity index is 1.64. The van der Waals surface area contributed by atoms with Gasteiger partial charge in [-0.05, 0) is 55.6 Å². The van der Waals surface area contributed by atoms with Crippen LogP contribution in [0.4, 0.5) is 0 Å². The normalized spacial score (nSPS) is 16.7. The zero-order valence-electron chi connectivity index (χ0n) is 15.9. The van der Waals surface area contributed by atoms with Crippen molar-refractivity contribution in [1.29, 1.82) is 0 Å². The van der Waals surface area contributed by atoms with E-state index in [1.807, 2.05) is 30.3 Å². The molecule has 1 aliphatic heterocycles. The Kier molecular flexibility index (Phi) is 7.68. The molecule has 1 aromatic heterocycles. The first-order valence-corrected chi connectivity index (χ1v) is 10.2. The molecule has 3 rings (SSSR count). The van der Waals surface area contributed by atoms with E-state index in [0.717, 1.165) is 43.7 Å². The lowest BCUT2D eigenvalue weighted by molar-refractivity contribution is -0.126. The number of benzene rings is 1. The van der Waals surface area contributed by atoms with Crippen LogP contribution >= 0.6 is 23.2 Å². The van der Waals surface area contributed by atoms with Crippen LogP contribution in [0.5, 0.6) is 0 Å². The summed E-state index contributed by atoms with van der Waals surface area (Å²) in [7, 11) is 1.52. The van der Waals surface area contributed by atoms with Gasteiger partial charge in [-0.25, -0.2) is 0 Å². The molecule has 1 saturated heterocycles. The summed E-state index contributed by atoms with van der Waals surface area (Å²) in [5.74, 6) is 0.202. The molecule has 150 valence electrons.